The average molecular weight is 419 g/mol. The van der Waals surface area contributed by atoms with Crippen molar-refractivity contribution in [2.45, 2.75) is 37.4 Å². The second-order valence-electron chi connectivity index (χ2n) is 6.33. The van der Waals surface area contributed by atoms with Crippen LogP contribution in [-0.4, -0.2) is 84.9 Å². The number of ether oxygens (including phenoxy) is 2. The SMILES string of the molecule is CC(=O)OC1CN(C(C)C)C(=O)N1c1nnc(S(=O)(=O)N2CCOCC2)s1. The Kier molecular flexibility index (Phi) is 5.65. The Labute approximate surface area is 160 Å². The second-order valence-corrected chi connectivity index (χ2v) is 9.40. The second kappa shape index (κ2) is 7.66. The number of hydrogen-bond donors (Lipinski definition) is 0. The predicted octanol–water partition coefficient (Wildman–Crippen LogP) is 0.0986. The maximum Gasteiger partial charge on any atom is 0.329 e. The van der Waals surface area contributed by atoms with Gasteiger partial charge in [-0.3, -0.25) is 4.79 Å². The lowest BCUT2D eigenvalue weighted by atomic mass is 10.3. The molecule has 0 aromatic carbocycles. The summed E-state index contributed by atoms with van der Waals surface area (Å²) in [5, 5.41) is 7.72. The van der Waals surface area contributed by atoms with E-state index in [2.05, 4.69) is 10.2 Å². The summed E-state index contributed by atoms with van der Waals surface area (Å²) in [6.45, 7) is 6.17. The van der Waals surface area contributed by atoms with Crippen LogP contribution < -0.4 is 4.90 Å². The van der Waals surface area contributed by atoms with E-state index in [0.717, 1.165) is 11.3 Å². The molecule has 2 amide bonds. The van der Waals surface area contributed by atoms with Crippen molar-refractivity contribution in [2.24, 2.45) is 0 Å². The lowest BCUT2D eigenvalue weighted by Crippen LogP contribution is -2.40. The van der Waals surface area contributed by atoms with E-state index in [-0.39, 0.29) is 35.1 Å². The number of hydrogen-bond acceptors (Lipinski definition) is 9. The first-order valence-corrected chi connectivity index (χ1v) is 10.7. The van der Waals surface area contributed by atoms with Crippen LogP contribution in [0.25, 0.3) is 0 Å². The van der Waals surface area contributed by atoms with Gasteiger partial charge in [-0.15, -0.1) is 10.2 Å². The van der Waals surface area contributed by atoms with Crippen LogP contribution in [0.1, 0.15) is 20.8 Å². The molecule has 0 saturated carbocycles. The molecule has 1 aromatic heterocycles. The minimum Gasteiger partial charge on any atom is -0.439 e. The van der Waals surface area contributed by atoms with Crippen LogP contribution >= 0.6 is 11.3 Å². The van der Waals surface area contributed by atoms with Gasteiger partial charge in [-0.25, -0.2) is 18.1 Å². The molecule has 27 heavy (non-hydrogen) atoms. The molecular formula is C14H21N5O6S2. The van der Waals surface area contributed by atoms with Crippen molar-refractivity contribution >= 4 is 38.5 Å². The van der Waals surface area contributed by atoms with Gasteiger partial charge in [0.05, 0.1) is 19.8 Å². The Hall–Kier alpha value is -1.83. The number of morpholine rings is 1. The normalized spacial score (nSPS) is 21.9. The van der Waals surface area contributed by atoms with Crippen LogP contribution in [0, 0.1) is 0 Å². The van der Waals surface area contributed by atoms with E-state index in [4.69, 9.17) is 9.47 Å². The molecule has 2 fully saturated rings. The smallest absolute Gasteiger partial charge is 0.329 e. The molecule has 11 nitrogen and oxygen atoms in total. The van der Waals surface area contributed by atoms with E-state index in [9.17, 15) is 18.0 Å². The largest absolute Gasteiger partial charge is 0.439 e. The van der Waals surface area contributed by atoms with E-state index >= 15 is 0 Å². The zero-order chi connectivity index (χ0) is 19.8. The number of carbonyl (C=O) groups is 2. The quantitative estimate of drug-likeness (QED) is 0.486. The number of rotatable bonds is 5. The zero-order valence-electron chi connectivity index (χ0n) is 15.2. The lowest BCUT2D eigenvalue weighted by molar-refractivity contribution is -0.145. The Morgan fingerprint density at radius 1 is 1.30 bits per heavy atom. The first-order valence-electron chi connectivity index (χ1n) is 8.40. The van der Waals surface area contributed by atoms with Gasteiger partial charge in [-0.1, -0.05) is 11.3 Å². The van der Waals surface area contributed by atoms with Gasteiger partial charge in [0.2, 0.25) is 15.7 Å². The summed E-state index contributed by atoms with van der Waals surface area (Å²) in [5.74, 6) is -0.547. The number of anilines is 1. The highest BCUT2D eigenvalue weighted by Crippen LogP contribution is 2.32. The van der Waals surface area contributed by atoms with Gasteiger partial charge in [0, 0.05) is 26.1 Å². The Morgan fingerprint density at radius 3 is 2.56 bits per heavy atom. The van der Waals surface area contributed by atoms with Crippen molar-refractivity contribution in [3.63, 3.8) is 0 Å². The number of nitrogens with zero attached hydrogens (tertiary/aromatic N) is 5. The van der Waals surface area contributed by atoms with Crippen molar-refractivity contribution in [3.05, 3.63) is 0 Å². The van der Waals surface area contributed by atoms with Crippen LogP contribution in [0.5, 0.6) is 0 Å². The third kappa shape index (κ3) is 3.90. The first kappa shape index (κ1) is 19.9. The summed E-state index contributed by atoms with van der Waals surface area (Å²) >= 11 is 0.774. The average Bonchev–Trinajstić information content (AvgIpc) is 3.20. The van der Waals surface area contributed by atoms with Crippen molar-refractivity contribution in [1.29, 1.82) is 0 Å². The number of amides is 2. The molecule has 1 aromatic rings. The van der Waals surface area contributed by atoms with Gasteiger partial charge >= 0.3 is 12.0 Å². The van der Waals surface area contributed by atoms with Gasteiger partial charge in [0.15, 0.2) is 0 Å². The fourth-order valence-corrected chi connectivity index (χ4v) is 5.38. The molecule has 3 heterocycles. The number of esters is 1. The van der Waals surface area contributed by atoms with Gasteiger partial charge in [-0.2, -0.15) is 4.31 Å². The Bertz CT molecular complexity index is 820. The van der Waals surface area contributed by atoms with Crippen LogP contribution in [0.2, 0.25) is 0 Å². The van der Waals surface area contributed by atoms with E-state index < -0.39 is 28.3 Å². The standard InChI is InChI=1S/C14H21N5O6S2/c1-9(2)18-8-11(25-10(3)20)19(14(18)21)12-15-16-13(26-12)27(22,23)17-4-6-24-7-5-17/h9,11H,4-8H2,1-3H3. The molecule has 150 valence electrons. The molecule has 2 aliphatic rings. The maximum atomic E-state index is 12.7. The molecule has 0 N–H and O–H groups in total. The number of sulfonamides is 1. The van der Waals surface area contributed by atoms with E-state index in [1.165, 1.54) is 21.0 Å². The van der Waals surface area contributed by atoms with Crippen LogP contribution in [-0.2, 0) is 24.3 Å². The van der Waals surface area contributed by atoms with Crippen LogP contribution in [0.4, 0.5) is 9.93 Å². The molecule has 0 aliphatic carbocycles. The molecule has 0 bridgehead atoms. The molecule has 2 saturated heterocycles. The molecule has 1 atom stereocenters. The van der Waals surface area contributed by atoms with Gasteiger partial charge < -0.3 is 14.4 Å². The summed E-state index contributed by atoms with van der Waals surface area (Å²) in [4.78, 5) is 26.8. The number of urea groups is 1. The summed E-state index contributed by atoms with van der Waals surface area (Å²) in [6, 6.07) is -0.534. The van der Waals surface area contributed by atoms with Crippen molar-refractivity contribution in [2.75, 3.05) is 37.7 Å². The fourth-order valence-electron chi connectivity index (χ4n) is 2.81. The fraction of sp³-hybridized carbons (Fsp3) is 0.714. The lowest BCUT2D eigenvalue weighted by Gasteiger charge is -2.24. The van der Waals surface area contributed by atoms with Gasteiger partial charge in [0.1, 0.15) is 0 Å². The zero-order valence-corrected chi connectivity index (χ0v) is 16.8. The summed E-state index contributed by atoms with van der Waals surface area (Å²) < 4.78 is 36.9. The molecule has 2 aliphatic heterocycles. The topological polar surface area (TPSA) is 122 Å². The van der Waals surface area contributed by atoms with Crippen molar-refractivity contribution in [3.8, 4) is 0 Å². The summed E-state index contributed by atoms with van der Waals surface area (Å²) in [5.41, 5.74) is 0. The highest BCUT2D eigenvalue weighted by molar-refractivity contribution is 7.91. The van der Waals surface area contributed by atoms with Crippen molar-refractivity contribution < 1.29 is 27.5 Å². The highest BCUT2D eigenvalue weighted by Gasteiger charge is 2.44. The van der Waals surface area contributed by atoms with Gasteiger partial charge in [-0.05, 0) is 13.8 Å². The van der Waals surface area contributed by atoms with Gasteiger partial charge in [0.25, 0.3) is 10.0 Å². The minimum atomic E-state index is -3.82. The third-order valence-electron chi connectivity index (χ3n) is 4.15. The monoisotopic (exact) mass is 419 g/mol. The summed E-state index contributed by atoms with van der Waals surface area (Å²) in [6.07, 6.45) is -0.885. The minimum absolute atomic E-state index is 0.0706. The van der Waals surface area contributed by atoms with Crippen LogP contribution in [0.3, 0.4) is 0 Å². The molecule has 13 heteroatoms. The number of carbonyl (C=O) groups excluding carboxylic acids is 2. The molecule has 0 radical (unpaired) electrons. The van der Waals surface area contributed by atoms with E-state index in [1.54, 1.807) is 0 Å². The summed E-state index contributed by atoms with van der Waals surface area (Å²) in [7, 11) is -3.82. The third-order valence-corrected chi connectivity index (χ3v) is 7.32. The highest BCUT2D eigenvalue weighted by atomic mass is 32.2. The number of aromatic nitrogens is 2. The Morgan fingerprint density at radius 2 is 1.96 bits per heavy atom. The Balaban J connectivity index is 1.88. The van der Waals surface area contributed by atoms with E-state index in [0.29, 0.717) is 13.2 Å². The molecule has 0 spiro atoms. The van der Waals surface area contributed by atoms with Crippen LogP contribution in [0.15, 0.2) is 4.34 Å². The van der Waals surface area contributed by atoms with Crippen molar-refractivity contribution in [1.82, 2.24) is 19.4 Å². The molecular weight excluding hydrogens is 398 g/mol. The predicted molar refractivity (Wildman–Crippen MR) is 94.8 cm³/mol. The molecule has 3 rings (SSSR count). The molecule has 1 unspecified atom stereocenters. The maximum absolute atomic E-state index is 12.7. The first-order chi connectivity index (χ1) is 12.7. The van der Waals surface area contributed by atoms with E-state index in [1.807, 2.05) is 13.8 Å².